The maximum atomic E-state index is 8.95. The molecule has 0 saturated carbocycles. The quantitative estimate of drug-likeness (QED) is 0.647. The highest BCUT2D eigenvalue weighted by molar-refractivity contribution is 5.30. The molecule has 12 heavy (non-hydrogen) atoms. The smallest absolute Gasteiger partial charge is 0.0682 e. The van der Waals surface area contributed by atoms with Gasteiger partial charge in [-0.2, -0.15) is 0 Å². The van der Waals surface area contributed by atoms with Crippen molar-refractivity contribution in [2.75, 3.05) is 13.7 Å². The Balaban J connectivity index is 2.80. The topological polar surface area (TPSA) is 32.3 Å². The minimum atomic E-state index is 0.107. The van der Waals surface area contributed by atoms with E-state index < -0.39 is 0 Å². The van der Waals surface area contributed by atoms with Crippen LogP contribution in [0, 0.1) is 0 Å². The summed E-state index contributed by atoms with van der Waals surface area (Å²) in [6.45, 7) is 0.107. The summed E-state index contributed by atoms with van der Waals surface area (Å²) in [6.07, 6.45) is 10.3. The molecule has 2 heteroatoms. The molecule has 0 aromatic rings. The largest absolute Gasteiger partial charge is 0.392 e. The molecule has 1 rings (SSSR count). The fraction of sp³-hybridized carbons (Fsp3) is 0.400. The highest BCUT2D eigenvalue weighted by Gasteiger charge is 1.95. The lowest BCUT2D eigenvalue weighted by atomic mass is 10.1. The molecule has 0 heterocycles. The maximum Gasteiger partial charge on any atom is 0.0682 e. The zero-order valence-corrected chi connectivity index (χ0v) is 7.38. The van der Waals surface area contributed by atoms with E-state index in [0.717, 1.165) is 24.1 Å². The average molecular weight is 165 g/mol. The Bertz CT molecular complexity index is 226. The second-order valence-corrected chi connectivity index (χ2v) is 2.77. The van der Waals surface area contributed by atoms with Gasteiger partial charge in [0.25, 0.3) is 0 Å². The molecule has 0 aromatic carbocycles. The Kier molecular flexibility index (Phi) is 3.61. The van der Waals surface area contributed by atoms with Crippen LogP contribution in [0.4, 0.5) is 0 Å². The van der Waals surface area contributed by atoms with E-state index in [9.17, 15) is 0 Å². The van der Waals surface area contributed by atoms with Crippen molar-refractivity contribution in [1.82, 2.24) is 5.32 Å². The van der Waals surface area contributed by atoms with Crippen LogP contribution in [0.25, 0.3) is 0 Å². The lowest BCUT2D eigenvalue weighted by Gasteiger charge is -2.05. The fourth-order valence-electron chi connectivity index (χ4n) is 1.15. The lowest BCUT2D eigenvalue weighted by molar-refractivity contribution is 0.334. The molecule has 0 saturated heterocycles. The summed E-state index contributed by atoms with van der Waals surface area (Å²) in [6, 6.07) is 0. The number of rotatable bonds is 2. The summed E-state index contributed by atoms with van der Waals surface area (Å²) in [5, 5.41) is 12.0. The van der Waals surface area contributed by atoms with Crippen molar-refractivity contribution >= 4 is 0 Å². The SMILES string of the molecule is CNC1=C/CC/C=C/C(CO)=C\1. The number of aliphatic hydroxyl groups is 1. The summed E-state index contributed by atoms with van der Waals surface area (Å²) < 4.78 is 0. The summed E-state index contributed by atoms with van der Waals surface area (Å²) in [5.74, 6) is 0. The van der Waals surface area contributed by atoms with Gasteiger partial charge in [0.1, 0.15) is 0 Å². The fourth-order valence-corrected chi connectivity index (χ4v) is 1.15. The highest BCUT2D eigenvalue weighted by Crippen LogP contribution is 2.08. The predicted molar refractivity (Wildman–Crippen MR) is 50.7 cm³/mol. The van der Waals surface area contributed by atoms with Crippen LogP contribution in [0.2, 0.25) is 0 Å². The molecule has 0 fully saturated rings. The number of allylic oxidation sites excluding steroid dienone is 3. The van der Waals surface area contributed by atoms with Crippen LogP contribution in [0.3, 0.4) is 0 Å². The first-order valence-electron chi connectivity index (χ1n) is 4.22. The van der Waals surface area contributed by atoms with Gasteiger partial charge in [-0.3, -0.25) is 0 Å². The van der Waals surface area contributed by atoms with E-state index in [1.807, 2.05) is 19.2 Å². The Morgan fingerprint density at radius 1 is 1.50 bits per heavy atom. The number of likely N-dealkylation sites (N-methyl/N-ethyl adjacent to an activating group) is 1. The van der Waals surface area contributed by atoms with Gasteiger partial charge in [-0.25, -0.2) is 0 Å². The number of hydrogen-bond acceptors (Lipinski definition) is 2. The molecule has 0 amide bonds. The zero-order valence-electron chi connectivity index (χ0n) is 7.38. The Morgan fingerprint density at radius 3 is 3.00 bits per heavy atom. The third-order valence-electron chi connectivity index (χ3n) is 1.84. The molecule has 2 nitrogen and oxygen atoms in total. The Hall–Kier alpha value is -1.02. The first-order chi connectivity index (χ1) is 5.86. The first-order valence-corrected chi connectivity index (χ1v) is 4.22. The van der Waals surface area contributed by atoms with Crippen molar-refractivity contribution in [1.29, 1.82) is 0 Å². The van der Waals surface area contributed by atoms with Crippen LogP contribution < -0.4 is 5.32 Å². The number of nitrogens with one attached hydrogen (secondary N) is 1. The number of aliphatic hydroxyl groups excluding tert-OH is 1. The van der Waals surface area contributed by atoms with Gasteiger partial charge in [-0.05, 0) is 24.5 Å². The van der Waals surface area contributed by atoms with Crippen LogP contribution in [-0.4, -0.2) is 18.8 Å². The summed E-state index contributed by atoms with van der Waals surface area (Å²) in [5.41, 5.74) is 2.04. The minimum Gasteiger partial charge on any atom is -0.392 e. The van der Waals surface area contributed by atoms with Gasteiger partial charge in [0.2, 0.25) is 0 Å². The summed E-state index contributed by atoms with van der Waals surface area (Å²) in [7, 11) is 1.89. The maximum absolute atomic E-state index is 8.95. The molecule has 1 aliphatic carbocycles. The van der Waals surface area contributed by atoms with Crippen molar-refractivity contribution in [3.05, 3.63) is 35.6 Å². The summed E-state index contributed by atoms with van der Waals surface area (Å²) >= 11 is 0. The molecule has 66 valence electrons. The minimum absolute atomic E-state index is 0.107. The van der Waals surface area contributed by atoms with E-state index in [0.29, 0.717) is 0 Å². The van der Waals surface area contributed by atoms with E-state index in [1.165, 1.54) is 0 Å². The van der Waals surface area contributed by atoms with Crippen LogP contribution in [0.5, 0.6) is 0 Å². The van der Waals surface area contributed by atoms with Gasteiger partial charge in [-0.15, -0.1) is 0 Å². The molecule has 0 bridgehead atoms. The molecule has 2 N–H and O–H groups in total. The van der Waals surface area contributed by atoms with Crippen LogP contribution in [0.1, 0.15) is 12.8 Å². The van der Waals surface area contributed by atoms with Crippen molar-refractivity contribution in [2.24, 2.45) is 0 Å². The van der Waals surface area contributed by atoms with E-state index >= 15 is 0 Å². The molecular formula is C10H15NO. The van der Waals surface area contributed by atoms with Gasteiger partial charge < -0.3 is 10.4 Å². The Labute approximate surface area is 73.3 Å². The second kappa shape index (κ2) is 4.78. The molecule has 0 radical (unpaired) electrons. The van der Waals surface area contributed by atoms with E-state index in [4.69, 9.17) is 5.11 Å². The summed E-state index contributed by atoms with van der Waals surface area (Å²) in [4.78, 5) is 0. The van der Waals surface area contributed by atoms with Crippen molar-refractivity contribution in [3.63, 3.8) is 0 Å². The third kappa shape index (κ3) is 2.55. The van der Waals surface area contributed by atoms with Gasteiger partial charge in [0, 0.05) is 12.7 Å². The van der Waals surface area contributed by atoms with Gasteiger partial charge >= 0.3 is 0 Å². The third-order valence-corrected chi connectivity index (χ3v) is 1.84. The lowest BCUT2D eigenvalue weighted by Crippen LogP contribution is -2.05. The van der Waals surface area contributed by atoms with E-state index in [2.05, 4.69) is 17.5 Å². The molecule has 0 spiro atoms. The van der Waals surface area contributed by atoms with Gasteiger partial charge in [0.15, 0.2) is 0 Å². The van der Waals surface area contributed by atoms with Gasteiger partial charge in [0.05, 0.1) is 6.61 Å². The van der Waals surface area contributed by atoms with E-state index in [-0.39, 0.29) is 6.61 Å². The Morgan fingerprint density at radius 2 is 2.33 bits per heavy atom. The van der Waals surface area contributed by atoms with Gasteiger partial charge in [-0.1, -0.05) is 18.2 Å². The van der Waals surface area contributed by atoms with Crippen LogP contribution in [0.15, 0.2) is 35.6 Å². The standard InChI is InChI=1S/C10H15NO/c1-11-10-6-4-2-3-5-9(7-10)8-12/h3,5-7,11-12H,2,4,8H2,1H3/b5-3+,9-7+,10-6+. The molecular weight excluding hydrogens is 150 g/mol. The molecule has 0 aromatic heterocycles. The predicted octanol–water partition coefficient (Wildman–Crippen LogP) is 1.36. The van der Waals surface area contributed by atoms with Crippen molar-refractivity contribution in [2.45, 2.75) is 12.8 Å². The monoisotopic (exact) mass is 165 g/mol. The molecule has 1 aliphatic rings. The molecule has 0 atom stereocenters. The second-order valence-electron chi connectivity index (χ2n) is 2.77. The van der Waals surface area contributed by atoms with Crippen molar-refractivity contribution in [3.8, 4) is 0 Å². The average Bonchev–Trinajstić information content (AvgIpc) is 2.05. The van der Waals surface area contributed by atoms with E-state index in [1.54, 1.807) is 0 Å². The van der Waals surface area contributed by atoms with Crippen LogP contribution >= 0.6 is 0 Å². The number of hydrogen-bond donors (Lipinski definition) is 2. The molecule has 0 aliphatic heterocycles. The van der Waals surface area contributed by atoms with Crippen LogP contribution in [-0.2, 0) is 0 Å². The highest BCUT2D eigenvalue weighted by atomic mass is 16.3. The first kappa shape index (κ1) is 9.07. The van der Waals surface area contributed by atoms with Crippen molar-refractivity contribution < 1.29 is 5.11 Å². The zero-order chi connectivity index (χ0) is 8.81. The molecule has 0 unspecified atom stereocenters. The normalized spacial score (nSPS) is 28.8.